The van der Waals surface area contributed by atoms with Gasteiger partial charge in [0.05, 0.1) is 12.6 Å². The Balaban J connectivity index is 1.87. The zero-order chi connectivity index (χ0) is 14.8. The van der Waals surface area contributed by atoms with Gasteiger partial charge in [-0.1, -0.05) is 22.9 Å². The van der Waals surface area contributed by atoms with Crippen molar-refractivity contribution in [2.75, 3.05) is 13.7 Å². The Kier molecular flexibility index (Phi) is 4.36. The minimum atomic E-state index is 0.160. The molecule has 1 aromatic carbocycles. The normalized spacial score (nSPS) is 14.8. The van der Waals surface area contributed by atoms with Gasteiger partial charge in [-0.3, -0.25) is 0 Å². The third-order valence-corrected chi connectivity index (χ3v) is 4.43. The SMILES string of the molecule is CCc1ccc(C(Cc2cc(Br)cc3c2OCC3)NC)o1. The largest absolute Gasteiger partial charge is 0.493 e. The van der Waals surface area contributed by atoms with Gasteiger partial charge in [0.2, 0.25) is 0 Å². The molecule has 0 fully saturated rings. The molecule has 112 valence electrons. The van der Waals surface area contributed by atoms with E-state index in [2.05, 4.69) is 52.4 Å². The summed E-state index contributed by atoms with van der Waals surface area (Å²) >= 11 is 3.60. The predicted molar refractivity (Wildman–Crippen MR) is 86.9 cm³/mol. The summed E-state index contributed by atoms with van der Waals surface area (Å²) in [7, 11) is 1.97. The predicted octanol–water partition coefficient (Wildman–Crippen LogP) is 4.04. The fraction of sp³-hybridized carbons (Fsp3) is 0.412. The zero-order valence-corrected chi connectivity index (χ0v) is 14.0. The van der Waals surface area contributed by atoms with Crippen LogP contribution in [0.15, 0.2) is 33.2 Å². The van der Waals surface area contributed by atoms with Crippen molar-refractivity contribution in [2.45, 2.75) is 32.2 Å². The Morgan fingerprint density at radius 3 is 2.90 bits per heavy atom. The molecule has 1 atom stereocenters. The van der Waals surface area contributed by atoms with Crippen molar-refractivity contribution in [2.24, 2.45) is 0 Å². The Morgan fingerprint density at radius 1 is 1.33 bits per heavy atom. The van der Waals surface area contributed by atoms with Crippen LogP contribution in [0.5, 0.6) is 5.75 Å². The number of ether oxygens (including phenoxy) is 1. The first-order chi connectivity index (χ1) is 10.2. The number of likely N-dealkylation sites (N-methyl/N-ethyl adjacent to an activating group) is 1. The van der Waals surface area contributed by atoms with E-state index < -0.39 is 0 Å². The van der Waals surface area contributed by atoms with Gasteiger partial charge in [-0.25, -0.2) is 0 Å². The van der Waals surface area contributed by atoms with Crippen molar-refractivity contribution in [1.82, 2.24) is 5.32 Å². The standard InChI is InChI=1S/C17H20BrNO2/c1-3-14-4-5-16(21-14)15(19-2)10-12-9-13(18)8-11-6-7-20-17(11)12/h4-5,8-9,15,19H,3,6-7,10H2,1-2H3. The molecule has 0 amide bonds. The van der Waals surface area contributed by atoms with Crippen LogP contribution in [-0.4, -0.2) is 13.7 Å². The monoisotopic (exact) mass is 349 g/mol. The average molecular weight is 350 g/mol. The number of hydrogen-bond donors (Lipinski definition) is 1. The number of fused-ring (bicyclic) bond motifs is 1. The summed E-state index contributed by atoms with van der Waals surface area (Å²) in [6.45, 7) is 2.88. The maximum Gasteiger partial charge on any atom is 0.125 e. The van der Waals surface area contributed by atoms with Gasteiger partial charge in [0.1, 0.15) is 17.3 Å². The van der Waals surface area contributed by atoms with Gasteiger partial charge in [-0.05, 0) is 48.9 Å². The van der Waals surface area contributed by atoms with Crippen LogP contribution in [0, 0.1) is 0 Å². The summed E-state index contributed by atoms with van der Waals surface area (Å²) in [5, 5.41) is 3.35. The van der Waals surface area contributed by atoms with Crippen LogP contribution < -0.4 is 10.1 Å². The molecule has 1 unspecified atom stereocenters. The zero-order valence-electron chi connectivity index (χ0n) is 12.4. The molecule has 4 heteroatoms. The second-order valence-electron chi connectivity index (χ2n) is 5.35. The minimum absolute atomic E-state index is 0.160. The second kappa shape index (κ2) is 6.24. The molecule has 0 spiro atoms. The molecule has 21 heavy (non-hydrogen) atoms. The van der Waals surface area contributed by atoms with Crippen LogP contribution in [0.25, 0.3) is 0 Å². The maximum atomic E-state index is 5.89. The number of nitrogens with one attached hydrogen (secondary N) is 1. The Hall–Kier alpha value is -1.26. The van der Waals surface area contributed by atoms with Crippen LogP contribution in [0.4, 0.5) is 0 Å². The van der Waals surface area contributed by atoms with Crippen molar-refractivity contribution in [3.63, 3.8) is 0 Å². The number of halogens is 1. The third kappa shape index (κ3) is 3.01. The smallest absolute Gasteiger partial charge is 0.125 e. The number of rotatable bonds is 5. The fourth-order valence-corrected chi connectivity index (χ4v) is 3.39. The number of furan rings is 1. The summed E-state index contributed by atoms with van der Waals surface area (Å²) in [4.78, 5) is 0. The van der Waals surface area contributed by atoms with Crippen molar-refractivity contribution >= 4 is 15.9 Å². The number of aryl methyl sites for hydroxylation is 1. The van der Waals surface area contributed by atoms with Crippen molar-refractivity contribution in [3.8, 4) is 5.75 Å². The molecule has 0 aliphatic carbocycles. The van der Waals surface area contributed by atoms with Crippen LogP contribution in [0.2, 0.25) is 0 Å². The van der Waals surface area contributed by atoms with E-state index in [0.29, 0.717) is 0 Å². The van der Waals surface area contributed by atoms with E-state index in [1.54, 1.807) is 0 Å². The van der Waals surface area contributed by atoms with Gasteiger partial charge in [0, 0.05) is 17.3 Å². The molecule has 3 nitrogen and oxygen atoms in total. The first-order valence-corrected chi connectivity index (χ1v) is 8.20. The van der Waals surface area contributed by atoms with Gasteiger partial charge in [0.25, 0.3) is 0 Å². The lowest BCUT2D eigenvalue weighted by Crippen LogP contribution is -2.18. The molecule has 0 saturated heterocycles. The Bertz CT molecular complexity index is 636. The van der Waals surface area contributed by atoms with Crippen molar-refractivity contribution in [1.29, 1.82) is 0 Å². The van der Waals surface area contributed by atoms with E-state index in [1.807, 2.05) is 7.05 Å². The third-order valence-electron chi connectivity index (χ3n) is 3.97. The molecule has 1 N–H and O–H groups in total. The highest BCUT2D eigenvalue weighted by atomic mass is 79.9. The Labute approximate surface area is 133 Å². The second-order valence-corrected chi connectivity index (χ2v) is 6.27. The minimum Gasteiger partial charge on any atom is -0.493 e. The van der Waals surface area contributed by atoms with E-state index in [9.17, 15) is 0 Å². The van der Waals surface area contributed by atoms with E-state index in [0.717, 1.165) is 47.6 Å². The van der Waals surface area contributed by atoms with Crippen LogP contribution in [0.1, 0.15) is 35.6 Å². The lowest BCUT2D eigenvalue weighted by Gasteiger charge is -2.16. The van der Waals surface area contributed by atoms with Crippen molar-refractivity contribution < 1.29 is 9.15 Å². The average Bonchev–Trinajstić information content (AvgIpc) is 3.12. The molecule has 0 radical (unpaired) electrons. The van der Waals surface area contributed by atoms with Gasteiger partial charge < -0.3 is 14.5 Å². The van der Waals surface area contributed by atoms with Crippen LogP contribution >= 0.6 is 15.9 Å². The van der Waals surface area contributed by atoms with Gasteiger partial charge in [0.15, 0.2) is 0 Å². The van der Waals surface area contributed by atoms with Gasteiger partial charge in [-0.2, -0.15) is 0 Å². The van der Waals surface area contributed by atoms with E-state index >= 15 is 0 Å². The Morgan fingerprint density at radius 2 is 2.19 bits per heavy atom. The summed E-state index contributed by atoms with van der Waals surface area (Å²) in [5.74, 6) is 3.07. The molecule has 0 bridgehead atoms. The van der Waals surface area contributed by atoms with Crippen LogP contribution in [-0.2, 0) is 19.3 Å². The summed E-state index contributed by atoms with van der Waals surface area (Å²) in [5.41, 5.74) is 2.52. The van der Waals surface area contributed by atoms with Crippen molar-refractivity contribution in [3.05, 3.63) is 51.4 Å². The molecular weight excluding hydrogens is 330 g/mol. The topological polar surface area (TPSA) is 34.4 Å². The fourth-order valence-electron chi connectivity index (χ4n) is 2.83. The first kappa shape index (κ1) is 14.7. The molecule has 1 aliphatic heterocycles. The lowest BCUT2D eigenvalue weighted by molar-refractivity contribution is 0.349. The molecular formula is C17H20BrNO2. The molecule has 0 saturated carbocycles. The quantitative estimate of drug-likeness (QED) is 0.884. The number of benzene rings is 1. The molecule has 3 rings (SSSR count). The number of hydrogen-bond acceptors (Lipinski definition) is 3. The molecule has 2 heterocycles. The summed E-state index contributed by atoms with van der Waals surface area (Å²) in [6.07, 6.45) is 2.77. The molecule has 1 aromatic heterocycles. The highest BCUT2D eigenvalue weighted by molar-refractivity contribution is 9.10. The molecule has 2 aromatic rings. The molecule has 1 aliphatic rings. The van der Waals surface area contributed by atoms with Gasteiger partial charge >= 0.3 is 0 Å². The summed E-state index contributed by atoms with van der Waals surface area (Å²) in [6, 6.07) is 8.59. The van der Waals surface area contributed by atoms with E-state index in [-0.39, 0.29) is 6.04 Å². The first-order valence-electron chi connectivity index (χ1n) is 7.41. The maximum absolute atomic E-state index is 5.89. The van der Waals surface area contributed by atoms with Gasteiger partial charge in [-0.15, -0.1) is 0 Å². The lowest BCUT2D eigenvalue weighted by atomic mass is 10.0. The highest BCUT2D eigenvalue weighted by Gasteiger charge is 2.21. The van der Waals surface area contributed by atoms with E-state index in [4.69, 9.17) is 9.15 Å². The van der Waals surface area contributed by atoms with Crippen LogP contribution in [0.3, 0.4) is 0 Å². The summed E-state index contributed by atoms with van der Waals surface area (Å²) < 4.78 is 12.8. The highest BCUT2D eigenvalue weighted by Crippen LogP contribution is 2.35. The van der Waals surface area contributed by atoms with E-state index in [1.165, 1.54) is 11.1 Å².